The molecule has 0 heterocycles. The van der Waals surface area contributed by atoms with Gasteiger partial charge in [-0.2, -0.15) is 0 Å². The summed E-state index contributed by atoms with van der Waals surface area (Å²) in [4.78, 5) is 95.8. The highest BCUT2D eigenvalue weighted by atomic mass is 16.4. The zero-order chi connectivity index (χ0) is 29.4. The second-order valence-electron chi connectivity index (χ2n) is 7.35. The molecule has 0 aromatic rings. The highest BCUT2D eigenvalue weighted by Crippen LogP contribution is 2.07. The number of hydrazine groups is 1. The molecule has 16 nitrogen and oxygen atoms in total. The van der Waals surface area contributed by atoms with E-state index in [0.717, 1.165) is 9.80 Å². The Hall–Kier alpha value is -5.12. The maximum atomic E-state index is 12.9. The number of carboxylic acids is 4. The summed E-state index contributed by atoms with van der Waals surface area (Å²) in [5.41, 5.74) is 0. The number of hydrogen-bond donors (Lipinski definition) is 4. The van der Waals surface area contributed by atoms with Crippen LogP contribution in [0.25, 0.3) is 0 Å². The number of nitrogens with zero attached hydrogens (tertiary/aromatic N) is 4. The summed E-state index contributed by atoms with van der Waals surface area (Å²) in [6, 6.07) is 0. The van der Waals surface area contributed by atoms with Crippen LogP contribution in [-0.4, -0.2) is 127 Å². The average Bonchev–Trinajstić information content (AvgIpc) is 2.84. The van der Waals surface area contributed by atoms with E-state index in [4.69, 9.17) is 33.3 Å². The van der Waals surface area contributed by atoms with Crippen molar-refractivity contribution in [2.24, 2.45) is 0 Å². The third kappa shape index (κ3) is 12.5. The van der Waals surface area contributed by atoms with Crippen molar-refractivity contribution >= 4 is 47.5 Å². The van der Waals surface area contributed by atoms with E-state index < -0.39 is 112 Å². The minimum atomic E-state index is -1.33. The second kappa shape index (κ2) is 16.5. The lowest BCUT2D eigenvalue weighted by Crippen LogP contribution is -2.56. The molecule has 0 saturated heterocycles. The smallest absolute Gasteiger partial charge is 0.317 e. The third-order valence-corrected chi connectivity index (χ3v) is 4.67. The lowest BCUT2D eigenvalue weighted by atomic mass is 10.3. The summed E-state index contributed by atoms with van der Waals surface area (Å²) >= 11 is 0. The fourth-order valence-electron chi connectivity index (χ4n) is 2.78. The lowest BCUT2D eigenvalue weighted by Gasteiger charge is -2.34. The van der Waals surface area contributed by atoms with Crippen molar-refractivity contribution in [1.29, 1.82) is 0 Å². The molecule has 0 aliphatic heterocycles. The van der Waals surface area contributed by atoms with Gasteiger partial charge < -0.3 is 30.2 Å². The van der Waals surface area contributed by atoms with E-state index in [-0.39, 0.29) is 0 Å². The van der Waals surface area contributed by atoms with Crippen molar-refractivity contribution in [2.75, 3.05) is 39.3 Å². The van der Waals surface area contributed by atoms with Gasteiger partial charge in [0.15, 0.2) is 0 Å². The summed E-state index contributed by atoms with van der Waals surface area (Å²) < 4.78 is 0. The molecule has 0 bridgehead atoms. The maximum absolute atomic E-state index is 12.9. The number of carbonyl (C=O) groups excluding carboxylic acids is 4. The number of carbonyl (C=O) groups is 8. The molecule has 38 heavy (non-hydrogen) atoms. The zero-order valence-corrected chi connectivity index (χ0v) is 20.1. The fraction of sp³-hybridized carbons (Fsp3) is 0.455. The maximum Gasteiger partial charge on any atom is 0.317 e. The molecule has 0 fully saturated rings. The number of carboxylic acid groups (broad SMARTS) is 4. The van der Waals surface area contributed by atoms with Crippen LogP contribution in [-0.2, 0) is 38.4 Å². The molecular formula is C22H26N4O12. The van der Waals surface area contributed by atoms with Crippen LogP contribution >= 0.6 is 0 Å². The number of terminal acetylenes is 2. The molecule has 16 heteroatoms. The van der Waals surface area contributed by atoms with E-state index in [9.17, 15) is 38.4 Å². The molecule has 0 aromatic heterocycles. The number of amides is 4. The molecule has 4 N–H and O–H groups in total. The van der Waals surface area contributed by atoms with E-state index in [0.29, 0.717) is 10.0 Å². The number of rotatable bonds is 16. The van der Waals surface area contributed by atoms with Gasteiger partial charge in [-0.05, 0) is 11.8 Å². The van der Waals surface area contributed by atoms with Gasteiger partial charge in [0.2, 0.25) is 11.8 Å². The van der Waals surface area contributed by atoms with Crippen molar-refractivity contribution in [3.63, 3.8) is 0 Å². The monoisotopic (exact) mass is 538 g/mol. The van der Waals surface area contributed by atoms with Crippen LogP contribution in [0.3, 0.4) is 0 Å². The van der Waals surface area contributed by atoms with Crippen LogP contribution in [0.2, 0.25) is 0 Å². The van der Waals surface area contributed by atoms with Crippen molar-refractivity contribution in [3.8, 4) is 24.7 Å². The van der Waals surface area contributed by atoms with Gasteiger partial charge in [0, 0.05) is 26.2 Å². The van der Waals surface area contributed by atoms with Gasteiger partial charge in [0.05, 0.1) is 25.7 Å². The first-order chi connectivity index (χ1) is 17.7. The number of aliphatic carboxylic acids is 4. The quantitative estimate of drug-likeness (QED) is 0.117. The predicted octanol–water partition coefficient (Wildman–Crippen LogP) is -2.62. The van der Waals surface area contributed by atoms with Crippen molar-refractivity contribution in [1.82, 2.24) is 19.8 Å². The molecule has 0 aliphatic carbocycles. The average molecular weight is 538 g/mol. The van der Waals surface area contributed by atoms with Gasteiger partial charge in [-0.25, -0.2) is 10.0 Å². The van der Waals surface area contributed by atoms with Crippen LogP contribution in [0.5, 0.6) is 0 Å². The number of hydrogen-bond acceptors (Lipinski definition) is 8. The minimum absolute atomic E-state index is 0.323. The molecule has 0 spiro atoms. The van der Waals surface area contributed by atoms with Crippen LogP contribution < -0.4 is 0 Å². The molecule has 0 unspecified atom stereocenters. The molecule has 0 aliphatic rings. The molecule has 0 radical (unpaired) electrons. The lowest BCUT2D eigenvalue weighted by molar-refractivity contribution is -0.165. The first-order valence-corrected chi connectivity index (χ1v) is 10.7. The highest BCUT2D eigenvalue weighted by Gasteiger charge is 2.31. The van der Waals surface area contributed by atoms with Crippen molar-refractivity contribution in [2.45, 2.75) is 25.7 Å². The van der Waals surface area contributed by atoms with E-state index in [1.807, 2.05) is 0 Å². The molecule has 0 aromatic carbocycles. The Balaban J connectivity index is 6.09. The molecule has 4 amide bonds. The summed E-state index contributed by atoms with van der Waals surface area (Å²) in [5.74, 6) is -6.70. The zero-order valence-electron chi connectivity index (χ0n) is 20.1. The van der Waals surface area contributed by atoms with Gasteiger partial charge in [-0.15, -0.1) is 12.8 Å². The fourth-order valence-corrected chi connectivity index (χ4v) is 2.78. The Bertz CT molecular complexity index is 924. The summed E-state index contributed by atoms with van der Waals surface area (Å²) in [6.45, 7) is -3.93. The van der Waals surface area contributed by atoms with Crippen LogP contribution in [0.1, 0.15) is 25.7 Å². The van der Waals surface area contributed by atoms with E-state index in [2.05, 4.69) is 0 Å². The molecule has 0 saturated carbocycles. The Labute approximate surface area is 216 Å². The summed E-state index contributed by atoms with van der Waals surface area (Å²) in [6.07, 6.45) is 7.91. The standard InChI is InChI=1S/C22H26N4O12/c1-3-15(27)25(13-17(29)23(9-5-19(31)32)10-6-20(33)34)26(16(28)4-2)14-18(30)24(11-7-21(35)36)12-8-22(37)38/h1-2H,5-14H2,(H,31,32)(H,33,34)(H,35,36)(H,37,38). The van der Waals surface area contributed by atoms with E-state index >= 15 is 0 Å². The van der Waals surface area contributed by atoms with Crippen LogP contribution in [0.4, 0.5) is 0 Å². The molecular weight excluding hydrogens is 512 g/mol. The minimum Gasteiger partial charge on any atom is -0.481 e. The van der Waals surface area contributed by atoms with Crippen LogP contribution in [0, 0.1) is 24.7 Å². The van der Waals surface area contributed by atoms with Crippen molar-refractivity contribution < 1.29 is 58.8 Å². The Morgan fingerprint density at radius 1 is 0.500 bits per heavy atom. The highest BCUT2D eigenvalue weighted by molar-refractivity contribution is 6.01. The first-order valence-electron chi connectivity index (χ1n) is 10.7. The van der Waals surface area contributed by atoms with Crippen LogP contribution in [0.15, 0.2) is 0 Å². The van der Waals surface area contributed by atoms with Gasteiger partial charge in [-0.1, -0.05) is 0 Å². The van der Waals surface area contributed by atoms with E-state index in [1.54, 1.807) is 11.8 Å². The SMILES string of the molecule is C#CC(=O)N(CC(=O)N(CCC(=O)O)CCC(=O)O)N(CC(=O)N(CCC(=O)O)CCC(=O)O)C(=O)C#C. The molecule has 206 valence electrons. The topological polar surface area (TPSA) is 230 Å². The largest absolute Gasteiger partial charge is 0.481 e. The summed E-state index contributed by atoms with van der Waals surface area (Å²) in [5, 5.41) is 36.2. The van der Waals surface area contributed by atoms with Gasteiger partial charge in [0.1, 0.15) is 13.1 Å². The van der Waals surface area contributed by atoms with E-state index in [1.165, 1.54) is 0 Å². The van der Waals surface area contributed by atoms with Gasteiger partial charge >= 0.3 is 35.7 Å². The molecule has 0 rings (SSSR count). The normalized spacial score (nSPS) is 9.74. The van der Waals surface area contributed by atoms with Crippen molar-refractivity contribution in [3.05, 3.63) is 0 Å². The van der Waals surface area contributed by atoms with Gasteiger partial charge in [0.25, 0.3) is 0 Å². The Morgan fingerprint density at radius 3 is 0.921 bits per heavy atom. The Kier molecular flexibility index (Phi) is 14.3. The first kappa shape index (κ1) is 32.9. The molecule has 0 atom stereocenters. The van der Waals surface area contributed by atoms with Gasteiger partial charge in [-0.3, -0.25) is 38.4 Å². The third-order valence-electron chi connectivity index (χ3n) is 4.67. The summed E-state index contributed by atoms with van der Waals surface area (Å²) in [7, 11) is 0. The predicted molar refractivity (Wildman–Crippen MR) is 123 cm³/mol. The Morgan fingerprint density at radius 2 is 0.737 bits per heavy atom. The second-order valence-corrected chi connectivity index (χ2v) is 7.35.